The lowest BCUT2D eigenvalue weighted by Crippen LogP contribution is -2.19. The van der Waals surface area contributed by atoms with Crippen LogP contribution in [0.1, 0.15) is 90.8 Å². The molecule has 3 rings (SSSR count). The van der Waals surface area contributed by atoms with E-state index < -0.39 is 0 Å². The van der Waals surface area contributed by atoms with Crippen molar-refractivity contribution in [1.82, 2.24) is 10.3 Å². The molecule has 0 fully saturated rings. The number of rotatable bonds is 20. The number of ether oxygens (including phenoxy) is 1. The number of carbonyl (C=O) groups excluding carboxylic acids is 2. The highest BCUT2D eigenvalue weighted by molar-refractivity contribution is 6.06. The molecule has 5 N–H and O–H groups in total. The van der Waals surface area contributed by atoms with Crippen molar-refractivity contribution in [2.24, 2.45) is 11.8 Å². The molecule has 2 unspecified atom stereocenters. The third kappa shape index (κ3) is 12.6. The second-order valence-corrected chi connectivity index (χ2v) is 13.0. The molecule has 0 radical (unpaired) electrons. The number of Topliss-reactive ketones (excluding diaryl/α,β-unsaturated/α-hetero) is 1. The summed E-state index contributed by atoms with van der Waals surface area (Å²) in [6, 6.07) is 11.8. The van der Waals surface area contributed by atoms with E-state index in [0.717, 1.165) is 60.9 Å². The topological polar surface area (TPSA) is 135 Å². The van der Waals surface area contributed by atoms with Gasteiger partial charge in [0.2, 0.25) is 0 Å². The maximum absolute atomic E-state index is 12.8. The van der Waals surface area contributed by atoms with Gasteiger partial charge in [-0.1, -0.05) is 48.7 Å². The summed E-state index contributed by atoms with van der Waals surface area (Å²) >= 11 is 0. The number of aryl methyl sites for hydroxylation is 2. The number of nitrogens with one attached hydrogen (secondary N) is 1. The first-order chi connectivity index (χ1) is 22.5. The normalized spacial score (nSPS) is 12.7. The number of nitrogens with two attached hydrogens (primary N) is 1. The summed E-state index contributed by atoms with van der Waals surface area (Å²) in [5.74, 6) is 1.41. The van der Waals surface area contributed by atoms with Gasteiger partial charge in [-0.2, -0.15) is 0 Å². The van der Waals surface area contributed by atoms with E-state index in [1.807, 2.05) is 13.1 Å². The van der Waals surface area contributed by atoms with Crippen molar-refractivity contribution in [3.05, 3.63) is 87.6 Å². The quantitative estimate of drug-likeness (QED) is 0.0807. The SMILES string of the molecule is CNCC(C)CC(CCCO)CCCC(=O)CC(=O)C=Cc1cc(OC)c(O)cc1Cc1cnc(N)c(Cc2cc(C)cc(C)c2)c1. The number of hydrogen-bond acceptors (Lipinski definition) is 8. The minimum absolute atomic E-state index is 0.00217. The summed E-state index contributed by atoms with van der Waals surface area (Å²) < 4.78 is 5.34. The van der Waals surface area contributed by atoms with E-state index in [1.165, 1.54) is 24.3 Å². The van der Waals surface area contributed by atoms with Gasteiger partial charge in [0.05, 0.1) is 13.5 Å². The highest BCUT2D eigenvalue weighted by atomic mass is 16.5. The van der Waals surface area contributed by atoms with Gasteiger partial charge in [0, 0.05) is 25.6 Å². The summed E-state index contributed by atoms with van der Waals surface area (Å²) in [5, 5.41) is 23.1. The molecule has 1 aromatic heterocycles. The Labute approximate surface area is 280 Å². The van der Waals surface area contributed by atoms with Crippen molar-refractivity contribution >= 4 is 23.5 Å². The summed E-state index contributed by atoms with van der Waals surface area (Å²) in [4.78, 5) is 30.0. The molecule has 8 nitrogen and oxygen atoms in total. The third-order valence-corrected chi connectivity index (χ3v) is 8.52. The van der Waals surface area contributed by atoms with Crippen molar-refractivity contribution in [1.29, 1.82) is 0 Å². The summed E-state index contributed by atoms with van der Waals surface area (Å²) in [5.41, 5.74) is 13.1. The monoisotopic (exact) mass is 643 g/mol. The van der Waals surface area contributed by atoms with Crippen molar-refractivity contribution in [2.75, 3.05) is 33.0 Å². The molecular weight excluding hydrogens is 590 g/mol. The van der Waals surface area contributed by atoms with Crippen LogP contribution in [-0.2, 0) is 22.4 Å². The molecule has 1 heterocycles. The van der Waals surface area contributed by atoms with E-state index in [-0.39, 0.29) is 30.3 Å². The molecule has 2 aromatic carbocycles. The van der Waals surface area contributed by atoms with Gasteiger partial charge in [0.1, 0.15) is 11.6 Å². The van der Waals surface area contributed by atoms with E-state index in [9.17, 15) is 19.8 Å². The van der Waals surface area contributed by atoms with Gasteiger partial charge >= 0.3 is 0 Å². The van der Waals surface area contributed by atoms with E-state index in [1.54, 1.807) is 24.4 Å². The first-order valence-corrected chi connectivity index (χ1v) is 16.7. The Hall–Kier alpha value is -4.01. The average molecular weight is 644 g/mol. The van der Waals surface area contributed by atoms with Crippen LogP contribution in [0.3, 0.4) is 0 Å². The first kappa shape index (κ1) is 37.4. The van der Waals surface area contributed by atoms with Gasteiger partial charge in [-0.25, -0.2) is 4.98 Å². The zero-order chi connectivity index (χ0) is 34.3. The maximum atomic E-state index is 12.8. The highest BCUT2D eigenvalue weighted by Crippen LogP contribution is 2.32. The van der Waals surface area contributed by atoms with Crippen molar-refractivity contribution in [3.63, 3.8) is 0 Å². The lowest BCUT2D eigenvalue weighted by molar-refractivity contribution is -0.124. The molecule has 0 aliphatic carbocycles. The van der Waals surface area contributed by atoms with Crippen molar-refractivity contribution in [3.8, 4) is 11.5 Å². The molecule has 0 bridgehead atoms. The minimum Gasteiger partial charge on any atom is -0.504 e. The van der Waals surface area contributed by atoms with Crippen molar-refractivity contribution in [2.45, 2.75) is 78.6 Å². The van der Waals surface area contributed by atoms with E-state index in [0.29, 0.717) is 48.2 Å². The summed E-state index contributed by atoms with van der Waals surface area (Å²) in [6.07, 6.45) is 10.6. The number of nitrogens with zero attached hydrogens (tertiary/aromatic N) is 1. The van der Waals surface area contributed by atoms with Gasteiger partial charge in [-0.05, 0) is 123 Å². The number of pyridine rings is 1. The largest absolute Gasteiger partial charge is 0.504 e. The Morgan fingerprint density at radius 1 is 1.00 bits per heavy atom. The second-order valence-electron chi connectivity index (χ2n) is 13.0. The van der Waals surface area contributed by atoms with Gasteiger partial charge in [-0.15, -0.1) is 0 Å². The number of phenols is 1. The number of aromatic hydroxyl groups is 1. The smallest absolute Gasteiger partial charge is 0.163 e. The van der Waals surface area contributed by atoms with Crippen LogP contribution in [0.5, 0.6) is 11.5 Å². The van der Waals surface area contributed by atoms with Crippen LogP contribution in [0.25, 0.3) is 6.08 Å². The molecule has 47 heavy (non-hydrogen) atoms. The van der Waals surface area contributed by atoms with Crippen LogP contribution >= 0.6 is 0 Å². The Balaban J connectivity index is 1.67. The molecule has 254 valence electrons. The molecule has 8 heteroatoms. The van der Waals surface area contributed by atoms with E-state index >= 15 is 0 Å². The number of nitrogen functional groups attached to an aromatic ring is 1. The first-order valence-electron chi connectivity index (χ1n) is 16.7. The van der Waals surface area contributed by atoms with Crippen LogP contribution in [0.15, 0.2) is 48.7 Å². The average Bonchev–Trinajstić information content (AvgIpc) is 3.00. The number of aromatic nitrogens is 1. The zero-order valence-electron chi connectivity index (χ0n) is 28.8. The summed E-state index contributed by atoms with van der Waals surface area (Å²) in [6.45, 7) is 7.48. The predicted octanol–water partition coefficient (Wildman–Crippen LogP) is 6.52. The van der Waals surface area contributed by atoms with Crippen molar-refractivity contribution < 1.29 is 24.5 Å². The number of hydrogen-bond donors (Lipinski definition) is 4. The minimum atomic E-state index is -0.266. The molecule has 2 atom stereocenters. The lowest BCUT2D eigenvalue weighted by atomic mass is 9.87. The van der Waals surface area contributed by atoms with Crippen LogP contribution in [0.2, 0.25) is 0 Å². The second kappa shape index (κ2) is 19.0. The number of methoxy groups -OCH3 is 1. The molecule has 3 aromatic rings. The third-order valence-electron chi connectivity index (χ3n) is 8.52. The number of aliphatic hydroxyl groups excluding tert-OH is 1. The van der Waals surface area contributed by atoms with E-state index in [4.69, 9.17) is 10.5 Å². The van der Waals surface area contributed by atoms with Gasteiger partial charge in [0.25, 0.3) is 0 Å². The van der Waals surface area contributed by atoms with Crippen LogP contribution < -0.4 is 15.8 Å². The number of anilines is 1. The number of aliphatic hydroxyl groups is 1. The molecule has 0 aliphatic rings. The number of benzene rings is 2. The fourth-order valence-electron chi connectivity index (χ4n) is 6.39. The standard InChI is InChI=1S/C39H53N3O5/c1-26-14-27(2)16-30(15-26)18-34-20-31(25-42-39(34)40)19-33-21-37(46)38(47-5)22-32(33)11-12-36(45)23-35(44)10-6-8-29(9-7-13-43)17-28(3)24-41-4/h11-12,14-16,20-22,25,28-29,41,43,46H,6-10,13,17-19,23-24H2,1-5H3,(H2,40,42). The van der Waals surface area contributed by atoms with Crippen LogP contribution in [-0.4, -0.2) is 54.1 Å². The molecule has 0 saturated heterocycles. The predicted molar refractivity (Wildman–Crippen MR) is 190 cm³/mol. The molecule has 0 spiro atoms. The number of ketones is 2. The maximum Gasteiger partial charge on any atom is 0.163 e. The van der Waals surface area contributed by atoms with Gasteiger partial charge in [0.15, 0.2) is 17.3 Å². The van der Waals surface area contributed by atoms with Crippen LogP contribution in [0.4, 0.5) is 5.82 Å². The number of allylic oxidation sites excluding steroid dienone is 1. The summed E-state index contributed by atoms with van der Waals surface area (Å²) in [7, 11) is 3.43. The Kier molecular flexibility index (Phi) is 15.1. The van der Waals surface area contributed by atoms with Crippen LogP contribution in [0, 0.1) is 25.7 Å². The molecule has 0 aliphatic heterocycles. The number of carbonyl (C=O) groups is 2. The number of phenolic OH excluding ortho intramolecular Hbond substituents is 1. The zero-order valence-corrected chi connectivity index (χ0v) is 28.8. The van der Waals surface area contributed by atoms with E-state index in [2.05, 4.69) is 49.3 Å². The molecular formula is C39H53N3O5. The van der Waals surface area contributed by atoms with Gasteiger partial charge in [-0.3, -0.25) is 9.59 Å². The highest BCUT2D eigenvalue weighted by Gasteiger charge is 2.16. The Bertz CT molecular complexity index is 1500. The fourth-order valence-corrected chi connectivity index (χ4v) is 6.39. The molecule has 0 amide bonds. The molecule has 0 saturated carbocycles. The fraction of sp³-hybridized carbons (Fsp3) is 0.462. The lowest BCUT2D eigenvalue weighted by Gasteiger charge is -2.20. The van der Waals surface area contributed by atoms with Gasteiger partial charge < -0.3 is 26.0 Å². The Morgan fingerprint density at radius 2 is 1.70 bits per heavy atom. The Morgan fingerprint density at radius 3 is 2.38 bits per heavy atom.